The smallest absolute Gasteiger partial charge is 0.191 e. The van der Waals surface area contributed by atoms with Crippen LogP contribution in [0.1, 0.15) is 36.8 Å². The maximum Gasteiger partial charge on any atom is 0.191 e. The van der Waals surface area contributed by atoms with E-state index in [0.717, 1.165) is 37.2 Å². The van der Waals surface area contributed by atoms with E-state index < -0.39 is 5.60 Å². The Hall–Kier alpha value is -0.860. The van der Waals surface area contributed by atoms with Gasteiger partial charge >= 0.3 is 0 Å². The number of hydrogen-bond acceptors (Lipinski definition) is 3. The third-order valence-electron chi connectivity index (χ3n) is 5.53. The van der Waals surface area contributed by atoms with E-state index in [9.17, 15) is 5.11 Å². The first kappa shape index (κ1) is 17.9. The molecular weight excluding hydrogens is 417 g/mol. The molecule has 2 fully saturated rings. The quantitative estimate of drug-likeness (QED) is 0.380. The topological polar surface area (TPSA) is 65.9 Å². The fourth-order valence-corrected chi connectivity index (χ4v) is 4.24. The van der Waals surface area contributed by atoms with Crippen LogP contribution in [0.4, 0.5) is 0 Å². The van der Waals surface area contributed by atoms with E-state index in [1.807, 2.05) is 18.2 Å². The number of aliphatic imine (C=N–C) groups is 1. The summed E-state index contributed by atoms with van der Waals surface area (Å²) in [5, 5.41) is 17.8. The molecule has 3 aliphatic rings. The lowest BCUT2D eigenvalue weighted by molar-refractivity contribution is 0.0431. The van der Waals surface area contributed by atoms with Crippen LogP contribution in [0.25, 0.3) is 0 Å². The number of rotatable bonds is 3. The van der Waals surface area contributed by atoms with Crippen LogP contribution in [-0.2, 0) is 16.8 Å². The fourth-order valence-electron chi connectivity index (χ4n) is 4.24. The second kappa shape index (κ2) is 7.17. The highest BCUT2D eigenvalue weighted by Gasteiger charge is 2.41. The van der Waals surface area contributed by atoms with Gasteiger partial charge in [0.05, 0.1) is 24.8 Å². The Labute approximate surface area is 160 Å². The zero-order valence-corrected chi connectivity index (χ0v) is 16.3. The molecule has 2 heterocycles. The summed E-state index contributed by atoms with van der Waals surface area (Å²) in [7, 11) is 1.77. The van der Waals surface area contributed by atoms with Crippen LogP contribution in [0, 0.1) is 0 Å². The third kappa shape index (κ3) is 3.28. The van der Waals surface area contributed by atoms with Crippen molar-refractivity contribution in [3.63, 3.8) is 0 Å². The van der Waals surface area contributed by atoms with Gasteiger partial charge in [0.2, 0.25) is 0 Å². The van der Waals surface area contributed by atoms with Crippen molar-refractivity contribution in [1.82, 2.24) is 10.6 Å². The summed E-state index contributed by atoms with van der Waals surface area (Å²) in [4.78, 5) is 4.31. The summed E-state index contributed by atoms with van der Waals surface area (Å²) in [6.45, 7) is 0.478. The number of aryl methyl sites for hydroxylation is 1. The lowest BCUT2D eigenvalue weighted by Crippen LogP contribution is -2.50. The Kier molecular flexibility index (Phi) is 5.36. The zero-order valence-electron chi connectivity index (χ0n) is 14.0. The molecule has 2 aliphatic heterocycles. The first-order valence-corrected chi connectivity index (χ1v) is 8.61. The molecule has 1 aromatic rings. The van der Waals surface area contributed by atoms with Gasteiger partial charge in [-0.05, 0) is 43.2 Å². The molecule has 1 aliphatic carbocycles. The Morgan fingerprint density at radius 3 is 2.92 bits per heavy atom. The van der Waals surface area contributed by atoms with Gasteiger partial charge in [0.25, 0.3) is 0 Å². The predicted octanol–water partition coefficient (Wildman–Crippen LogP) is 1.92. The van der Waals surface area contributed by atoms with Gasteiger partial charge in [0, 0.05) is 7.05 Å². The van der Waals surface area contributed by atoms with E-state index >= 15 is 0 Å². The van der Waals surface area contributed by atoms with E-state index in [-0.39, 0.29) is 24.0 Å². The summed E-state index contributed by atoms with van der Waals surface area (Å²) in [6.07, 6.45) is 5.80. The number of nitrogens with zero attached hydrogens (tertiary/aromatic N) is 1. The van der Waals surface area contributed by atoms with E-state index in [2.05, 4.69) is 21.7 Å². The highest BCUT2D eigenvalue weighted by atomic mass is 127. The van der Waals surface area contributed by atoms with E-state index in [0.29, 0.717) is 24.8 Å². The van der Waals surface area contributed by atoms with Gasteiger partial charge in [0.1, 0.15) is 5.60 Å². The molecule has 2 saturated heterocycles. The highest BCUT2D eigenvalue weighted by Crippen LogP contribution is 2.36. The molecule has 5 nitrogen and oxygen atoms in total. The van der Waals surface area contributed by atoms with Gasteiger partial charge in [-0.3, -0.25) is 4.99 Å². The van der Waals surface area contributed by atoms with E-state index in [1.54, 1.807) is 7.05 Å². The second-order valence-corrected chi connectivity index (χ2v) is 6.97. The molecule has 4 atom stereocenters. The van der Waals surface area contributed by atoms with Crippen molar-refractivity contribution in [2.75, 3.05) is 13.6 Å². The van der Waals surface area contributed by atoms with Crippen LogP contribution in [0.2, 0.25) is 0 Å². The molecule has 0 aromatic heterocycles. The summed E-state index contributed by atoms with van der Waals surface area (Å²) in [6, 6.07) is 8.50. The summed E-state index contributed by atoms with van der Waals surface area (Å²) < 4.78 is 5.88. The minimum atomic E-state index is -0.806. The molecule has 132 valence electrons. The van der Waals surface area contributed by atoms with Crippen LogP contribution < -0.4 is 10.6 Å². The largest absolute Gasteiger partial charge is 0.383 e. The molecule has 24 heavy (non-hydrogen) atoms. The zero-order chi connectivity index (χ0) is 15.9. The van der Waals surface area contributed by atoms with Gasteiger partial charge < -0.3 is 20.5 Å². The molecule has 1 aromatic carbocycles. The molecule has 0 amide bonds. The van der Waals surface area contributed by atoms with E-state index in [1.165, 1.54) is 12.0 Å². The van der Waals surface area contributed by atoms with Crippen molar-refractivity contribution in [3.8, 4) is 0 Å². The molecule has 4 rings (SSSR count). The number of aliphatic hydroxyl groups is 1. The lowest BCUT2D eigenvalue weighted by atomic mass is 9.95. The number of ether oxygens (including phenoxy) is 1. The normalized spacial score (nSPS) is 33.9. The van der Waals surface area contributed by atoms with Crippen LogP contribution >= 0.6 is 24.0 Å². The average molecular weight is 443 g/mol. The number of benzene rings is 1. The van der Waals surface area contributed by atoms with Crippen molar-refractivity contribution in [2.45, 2.75) is 56.0 Å². The van der Waals surface area contributed by atoms with Crippen molar-refractivity contribution in [3.05, 3.63) is 35.4 Å². The predicted molar refractivity (Wildman–Crippen MR) is 105 cm³/mol. The molecule has 2 bridgehead atoms. The summed E-state index contributed by atoms with van der Waals surface area (Å²) >= 11 is 0. The van der Waals surface area contributed by atoms with Crippen molar-refractivity contribution < 1.29 is 9.84 Å². The second-order valence-electron chi connectivity index (χ2n) is 6.97. The van der Waals surface area contributed by atoms with Gasteiger partial charge in [0.15, 0.2) is 5.96 Å². The molecule has 0 radical (unpaired) electrons. The minimum Gasteiger partial charge on any atom is -0.383 e. The molecule has 0 saturated carbocycles. The average Bonchev–Trinajstić information content (AvgIpc) is 3.27. The number of fused-ring (bicyclic) bond motifs is 3. The fraction of sp³-hybridized carbons (Fsp3) is 0.611. The van der Waals surface area contributed by atoms with Gasteiger partial charge in [-0.25, -0.2) is 0 Å². The first-order valence-electron chi connectivity index (χ1n) is 8.61. The molecule has 0 spiro atoms. The molecule has 4 unspecified atom stereocenters. The van der Waals surface area contributed by atoms with Crippen LogP contribution in [0.5, 0.6) is 0 Å². The van der Waals surface area contributed by atoms with Gasteiger partial charge in [-0.1, -0.05) is 24.3 Å². The Morgan fingerprint density at radius 2 is 2.21 bits per heavy atom. The summed E-state index contributed by atoms with van der Waals surface area (Å²) in [5.41, 5.74) is 1.49. The SMILES string of the molecule is CN=C(NCC1(O)CCc2ccccc21)NC1CC2CCC1O2.I. The summed E-state index contributed by atoms with van der Waals surface area (Å²) in [5.74, 6) is 0.754. The van der Waals surface area contributed by atoms with Crippen LogP contribution in [0.15, 0.2) is 29.3 Å². The first-order chi connectivity index (χ1) is 11.2. The minimum absolute atomic E-state index is 0. The molecule has 3 N–H and O–H groups in total. The number of nitrogens with one attached hydrogen (secondary N) is 2. The van der Waals surface area contributed by atoms with Gasteiger partial charge in [-0.2, -0.15) is 0 Å². The van der Waals surface area contributed by atoms with Crippen molar-refractivity contribution >= 4 is 29.9 Å². The monoisotopic (exact) mass is 443 g/mol. The maximum atomic E-state index is 11.0. The molecule has 6 heteroatoms. The van der Waals surface area contributed by atoms with Crippen LogP contribution in [0.3, 0.4) is 0 Å². The number of hydrogen-bond donors (Lipinski definition) is 3. The van der Waals surface area contributed by atoms with Gasteiger partial charge in [-0.15, -0.1) is 24.0 Å². The number of halogens is 1. The maximum absolute atomic E-state index is 11.0. The Morgan fingerprint density at radius 1 is 1.38 bits per heavy atom. The van der Waals surface area contributed by atoms with E-state index in [4.69, 9.17) is 4.74 Å². The highest BCUT2D eigenvalue weighted by molar-refractivity contribution is 14.0. The van der Waals surface area contributed by atoms with Crippen molar-refractivity contribution in [1.29, 1.82) is 0 Å². The Balaban J connectivity index is 0.00000169. The third-order valence-corrected chi connectivity index (χ3v) is 5.53. The standard InChI is InChI=1S/C18H25N3O2.HI/c1-19-17(21-15-10-13-6-7-16(15)23-13)20-11-18(22)9-8-12-4-2-3-5-14(12)18;/h2-5,13,15-16,22H,6-11H2,1H3,(H2,19,20,21);1H. The van der Waals surface area contributed by atoms with Crippen LogP contribution in [-0.4, -0.2) is 42.9 Å². The Bertz CT molecular complexity index is 624. The number of guanidine groups is 1. The molecular formula is C18H26IN3O2. The lowest BCUT2D eigenvalue weighted by Gasteiger charge is -2.27. The van der Waals surface area contributed by atoms with Crippen molar-refractivity contribution in [2.24, 2.45) is 4.99 Å².